The number of carbonyl (C=O) groups is 2. The molecule has 3 heterocycles. The van der Waals surface area contributed by atoms with Gasteiger partial charge in [0.05, 0.1) is 35.5 Å². The molecule has 8 heteroatoms. The molecule has 6 nitrogen and oxygen atoms in total. The van der Waals surface area contributed by atoms with E-state index in [0.717, 1.165) is 6.42 Å². The number of amides is 1. The standard InChI is InChI=1S/C14H15N3O3S.Na/c1-2-8-9-5-10(12(14(19)20)17(9)13(8)18)21-11-4-3-7(15)6-16-11;/h3-4,6,8-9H,2,5,15H2,1H3,(H,19,20);/q;+1/p-1/t8-,9-;/m1./s1. The van der Waals surface area contributed by atoms with Crippen LogP contribution in [0, 0.1) is 5.92 Å². The summed E-state index contributed by atoms with van der Waals surface area (Å²) in [5, 5.41) is 12.0. The molecule has 0 spiro atoms. The summed E-state index contributed by atoms with van der Waals surface area (Å²) in [6.07, 6.45) is 2.79. The van der Waals surface area contributed by atoms with Crippen molar-refractivity contribution in [2.75, 3.05) is 5.73 Å². The number of rotatable bonds is 4. The third-order valence-corrected chi connectivity index (χ3v) is 4.93. The zero-order valence-corrected chi connectivity index (χ0v) is 15.2. The van der Waals surface area contributed by atoms with E-state index in [2.05, 4.69) is 4.98 Å². The van der Waals surface area contributed by atoms with Gasteiger partial charge in [-0.1, -0.05) is 18.7 Å². The molecule has 2 aliphatic heterocycles. The van der Waals surface area contributed by atoms with Gasteiger partial charge in [-0.2, -0.15) is 0 Å². The van der Waals surface area contributed by atoms with E-state index in [4.69, 9.17) is 5.73 Å². The van der Waals surface area contributed by atoms with E-state index in [1.165, 1.54) is 22.9 Å². The molecule has 3 rings (SSSR count). The summed E-state index contributed by atoms with van der Waals surface area (Å²) < 4.78 is 0. The molecule has 1 aromatic heterocycles. The number of aliphatic carboxylic acids is 1. The SMILES string of the molecule is CC[C@H]1C(=O)N2C(C(=O)[O-])=C(Sc3ccc(N)cn3)C[C@H]12.[Na+]. The third-order valence-electron chi connectivity index (χ3n) is 3.87. The van der Waals surface area contributed by atoms with E-state index in [9.17, 15) is 14.7 Å². The van der Waals surface area contributed by atoms with Crippen molar-refractivity contribution in [3.05, 3.63) is 28.9 Å². The van der Waals surface area contributed by atoms with Gasteiger partial charge < -0.3 is 20.5 Å². The Morgan fingerprint density at radius 1 is 1.55 bits per heavy atom. The Morgan fingerprint density at radius 3 is 2.82 bits per heavy atom. The molecular formula is C14H14N3NaO3S. The monoisotopic (exact) mass is 327 g/mol. The first-order chi connectivity index (χ1) is 10.0. The molecule has 1 amide bonds. The summed E-state index contributed by atoms with van der Waals surface area (Å²) in [4.78, 5) is 29.5. The number of carboxylic acid groups (broad SMARTS) is 1. The number of hydrogen-bond acceptors (Lipinski definition) is 6. The van der Waals surface area contributed by atoms with Gasteiger partial charge in [0.2, 0.25) is 5.91 Å². The zero-order valence-electron chi connectivity index (χ0n) is 12.4. The fourth-order valence-electron chi connectivity index (χ4n) is 2.86. The molecule has 2 N–H and O–H groups in total. The molecule has 0 unspecified atom stereocenters. The van der Waals surface area contributed by atoms with E-state index in [-0.39, 0.29) is 53.1 Å². The number of β-lactam (4-membered cyclic amide) rings is 1. The molecule has 2 atom stereocenters. The van der Waals surface area contributed by atoms with E-state index in [0.29, 0.717) is 22.0 Å². The Labute approximate surface area is 154 Å². The molecule has 0 aromatic carbocycles. The molecule has 1 fully saturated rings. The molecule has 110 valence electrons. The number of nitrogen functional groups attached to an aromatic ring is 1. The Morgan fingerprint density at radius 2 is 2.27 bits per heavy atom. The summed E-state index contributed by atoms with van der Waals surface area (Å²) >= 11 is 1.26. The molecule has 1 saturated heterocycles. The van der Waals surface area contributed by atoms with E-state index in [1.54, 1.807) is 12.1 Å². The smallest absolute Gasteiger partial charge is 0.543 e. The Kier molecular flexibility index (Phi) is 5.21. The van der Waals surface area contributed by atoms with E-state index in [1.807, 2.05) is 6.92 Å². The van der Waals surface area contributed by atoms with Crippen molar-refractivity contribution in [3.8, 4) is 0 Å². The zero-order chi connectivity index (χ0) is 15.1. The molecule has 0 aliphatic carbocycles. The molecule has 0 bridgehead atoms. The number of fused-ring (bicyclic) bond motifs is 1. The van der Waals surface area contributed by atoms with Gasteiger partial charge in [0, 0.05) is 11.3 Å². The second kappa shape index (κ2) is 6.62. The first-order valence-corrected chi connectivity index (χ1v) is 7.51. The van der Waals surface area contributed by atoms with Gasteiger partial charge >= 0.3 is 29.6 Å². The number of pyridine rings is 1. The molecule has 22 heavy (non-hydrogen) atoms. The van der Waals surface area contributed by atoms with Crippen LogP contribution in [0.4, 0.5) is 5.69 Å². The van der Waals surface area contributed by atoms with Gasteiger partial charge in [-0.25, -0.2) is 4.98 Å². The van der Waals surface area contributed by atoms with Crippen molar-refractivity contribution in [3.63, 3.8) is 0 Å². The predicted molar refractivity (Wildman–Crippen MR) is 75.6 cm³/mol. The van der Waals surface area contributed by atoms with Crippen LogP contribution in [0.1, 0.15) is 19.8 Å². The maximum Gasteiger partial charge on any atom is 1.00 e. The van der Waals surface area contributed by atoms with Crippen LogP contribution in [0.15, 0.2) is 34.0 Å². The predicted octanol–water partition coefficient (Wildman–Crippen LogP) is -2.64. The Balaban J connectivity index is 0.00000176. The number of hydrogen-bond donors (Lipinski definition) is 1. The number of nitrogens with zero attached hydrogens (tertiary/aromatic N) is 2. The first kappa shape index (κ1) is 17.3. The fraction of sp³-hybridized carbons (Fsp3) is 0.357. The average molecular weight is 327 g/mol. The minimum Gasteiger partial charge on any atom is -0.543 e. The van der Waals surface area contributed by atoms with Crippen LogP contribution in [-0.4, -0.2) is 27.8 Å². The minimum atomic E-state index is -1.31. The van der Waals surface area contributed by atoms with Crippen LogP contribution in [0.2, 0.25) is 0 Å². The molecule has 0 saturated carbocycles. The molecular weight excluding hydrogens is 313 g/mol. The van der Waals surface area contributed by atoms with Crippen LogP contribution < -0.4 is 40.4 Å². The van der Waals surface area contributed by atoms with Crippen molar-refractivity contribution in [2.45, 2.75) is 30.8 Å². The topological polar surface area (TPSA) is 99.3 Å². The van der Waals surface area contributed by atoms with Crippen molar-refractivity contribution in [2.24, 2.45) is 5.92 Å². The van der Waals surface area contributed by atoms with Crippen LogP contribution in [0.5, 0.6) is 0 Å². The van der Waals surface area contributed by atoms with Gasteiger partial charge in [0.25, 0.3) is 0 Å². The van der Waals surface area contributed by atoms with Crippen molar-refractivity contribution >= 4 is 29.3 Å². The van der Waals surface area contributed by atoms with Gasteiger partial charge in [-0.05, 0) is 18.6 Å². The van der Waals surface area contributed by atoms with E-state index < -0.39 is 5.97 Å². The number of aromatic nitrogens is 1. The second-order valence-corrected chi connectivity index (χ2v) is 6.20. The van der Waals surface area contributed by atoms with E-state index >= 15 is 0 Å². The molecule has 2 aliphatic rings. The number of carbonyl (C=O) groups excluding carboxylic acids is 2. The fourth-order valence-corrected chi connectivity index (χ4v) is 3.89. The maximum atomic E-state index is 12.0. The number of nitrogens with two attached hydrogens (primary N) is 1. The van der Waals surface area contributed by atoms with Crippen LogP contribution in [-0.2, 0) is 9.59 Å². The van der Waals surface area contributed by atoms with Crippen molar-refractivity contribution in [1.82, 2.24) is 9.88 Å². The average Bonchev–Trinajstić information content (AvgIpc) is 2.77. The summed E-state index contributed by atoms with van der Waals surface area (Å²) in [5.74, 6) is -1.52. The van der Waals surface area contributed by atoms with Crippen LogP contribution in [0.3, 0.4) is 0 Å². The largest absolute Gasteiger partial charge is 1.00 e. The first-order valence-electron chi connectivity index (χ1n) is 6.70. The van der Waals surface area contributed by atoms with Crippen LogP contribution >= 0.6 is 11.8 Å². The molecule has 0 radical (unpaired) electrons. The summed E-state index contributed by atoms with van der Waals surface area (Å²) in [6, 6.07) is 3.39. The second-order valence-electron chi connectivity index (χ2n) is 5.09. The van der Waals surface area contributed by atoms with Crippen LogP contribution in [0.25, 0.3) is 0 Å². The molecule has 1 aromatic rings. The summed E-state index contributed by atoms with van der Waals surface area (Å²) in [6.45, 7) is 1.94. The summed E-state index contributed by atoms with van der Waals surface area (Å²) in [7, 11) is 0. The van der Waals surface area contributed by atoms with Gasteiger partial charge in [0.15, 0.2) is 0 Å². The Bertz CT molecular complexity index is 647. The Hall–Kier alpha value is -1.02. The van der Waals surface area contributed by atoms with Gasteiger partial charge in [-0.15, -0.1) is 0 Å². The number of thioether (sulfide) groups is 1. The normalized spacial score (nSPS) is 23.0. The number of anilines is 1. The third kappa shape index (κ3) is 2.78. The maximum absolute atomic E-state index is 12.0. The quantitative estimate of drug-likeness (QED) is 0.479. The van der Waals surface area contributed by atoms with Crippen molar-refractivity contribution < 1.29 is 44.3 Å². The van der Waals surface area contributed by atoms with Gasteiger partial charge in [-0.3, -0.25) is 4.79 Å². The van der Waals surface area contributed by atoms with Gasteiger partial charge in [0.1, 0.15) is 5.03 Å². The minimum absolute atomic E-state index is 0. The number of carboxylic acids is 1. The van der Waals surface area contributed by atoms with Crippen molar-refractivity contribution in [1.29, 1.82) is 0 Å². The summed E-state index contributed by atoms with van der Waals surface area (Å²) in [5.41, 5.74) is 6.12.